The fraction of sp³-hybridized carbons (Fsp3) is 0.421. The molecule has 1 unspecified atom stereocenters. The molecule has 25 heavy (non-hydrogen) atoms. The van der Waals surface area contributed by atoms with Crippen LogP contribution in [-0.4, -0.2) is 24.9 Å². The first-order valence-corrected chi connectivity index (χ1v) is 11.3. The Hall–Kier alpha value is -1.37. The molecule has 0 saturated heterocycles. The quantitative estimate of drug-likeness (QED) is 0.700. The highest BCUT2D eigenvalue weighted by Crippen LogP contribution is 2.42. The molecule has 134 valence electrons. The number of rotatable bonds is 8. The molecule has 0 radical (unpaired) electrons. The van der Waals surface area contributed by atoms with Crippen LogP contribution in [0, 0.1) is 5.92 Å². The topological polar surface area (TPSA) is 59.1 Å². The number of benzene rings is 1. The van der Waals surface area contributed by atoms with Crippen LogP contribution in [0.1, 0.15) is 38.3 Å². The van der Waals surface area contributed by atoms with Gasteiger partial charge in [0.2, 0.25) is 10.0 Å². The Labute approximate surface area is 154 Å². The lowest BCUT2D eigenvalue weighted by Crippen LogP contribution is -2.31. The Kier molecular flexibility index (Phi) is 5.81. The Morgan fingerprint density at radius 1 is 1.16 bits per heavy atom. The molecule has 1 heterocycles. The summed E-state index contributed by atoms with van der Waals surface area (Å²) in [6, 6.07) is 10.3. The van der Waals surface area contributed by atoms with Crippen LogP contribution >= 0.6 is 11.8 Å². The van der Waals surface area contributed by atoms with Crippen molar-refractivity contribution < 1.29 is 8.42 Å². The number of pyridine rings is 1. The van der Waals surface area contributed by atoms with Crippen LogP contribution < -0.4 is 4.72 Å². The molecule has 1 fully saturated rings. The average Bonchev–Trinajstić information content (AvgIpc) is 3.46. The van der Waals surface area contributed by atoms with E-state index in [9.17, 15) is 8.42 Å². The predicted molar refractivity (Wildman–Crippen MR) is 104 cm³/mol. The minimum Gasteiger partial charge on any atom is -0.264 e. The van der Waals surface area contributed by atoms with Gasteiger partial charge in [0.15, 0.2) is 0 Å². The van der Waals surface area contributed by atoms with Crippen LogP contribution in [0.5, 0.6) is 0 Å². The highest BCUT2D eigenvalue weighted by molar-refractivity contribution is 7.99. The van der Waals surface area contributed by atoms with Crippen LogP contribution in [0.4, 0.5) is 0 Å². The van der Waals surface area contributed by atoms with Crippen molar-refractivity contribution in [1.82, 2.24) is 9.71 Å². The lowest BCUT2D eigenvalue weighted by Gasteiger charge is -2.18. The van der Waals surface area contributed by atoms with Crippen molar-refractivity contribution in [1.29, 1.82) is 0 Å². The second kappa shape index (κ2) is 7.89. The summed E-state index contributed by atoms with van der Waals surface area (Å²) in [6.07, 6.45) is 5.74. The minimum absolute atomic E-state index is 0.0971. The zero-order chi connectivity index (χ0) is 17.9. The van der Waals surface area contributed by atoms with Crippen LogP contribution in [0.3, 0.4) is 0 Å². The molecule has 1 aromatic heterocycles. The Bertz CT molecular complexity index is 816. The SMILES string of the molecule is CCSc1ccc(-c2cncc(C(NS(=O)(=O)CC)C3CC3)c2)cc1. The third kappa shape index (κ3) is 4.84. The van der Waals surface area contributed by atoms with E-state index in [1.165, 1.54) is 4.90 Å². The molecule has 0 amide bonds. The van der Waals surface area contributed by atoms with Crippen LogP contribution in [0.15, 0.2) is 47.6 Å². The molecule has 0 spiro atoms. The summed E-state index contributed by atoms with van der Waals surface area (Å²) in [4.78, 5) is 5.62. The van der Waals surface area contributed by atoms with Gasteiger partial charge in [-0.15, -0.1) is 11.8 Å². The molecule has 6 heteroatoms. The summed E-state index contributed by atoms with van der Waals surface area (Å²) in [7, 11) is -3.24. The lowest BCUT2D eigenvalue weighted by molar-refractivity contribution is 0.529. The van der Waals surface area contributed by atoms with Crippen molar-refractivity contribution in [2.75, 3.05) is 11.5 Å². The van der Waals surface area contributed by atoms with Gasteiger partial charge in [0.05, 0.1) is 11.8 Å². The average molecular weight is 377 g/mol. The van der Waals surface area contributed by atoms with Gasteiger partial charge >= 0.3 is 0 Å². The molecule has 1 aliphatic rings. The van der Waals surface area contributed by atoms with Crippen LogP contribution in [0.2, 0.25) is 0 Å². The first-order chi connectivity index (χ1) is 12.0. The Balaban J connectivity index is 1.86. The summed E-state index contributed by atoms with van der Waals surface area (Å²) in [5, 5.41) is 0. The zero-order valence-electron chi connectivity index (χ0n) is 14.6. The number of thioether (sulfide) groups is 1. The Morgan fingerprint density at radius 3 is 2.48 bits per heavy atom. The number of nitrogens with zero attached hydrogens (tertiary/aromatic N) is 1. The molecule has 2 aromatic rings. The van der Waals surface area contributed by atoms with E-state index in [4.69, 9.17) is 0 Å². The lowest BCUT2D eigenvalue weighted by atomic mass is 10.0. The maximum absolute atomic E-state index is 12.0. The number of hydrogen-bond acceptors (Lipinski definition) is 4. The van der Waals surface area contributed by atoms with Crippen molar-refractivity contribution in [2.24, 2.45) is 5.92 Å². The molecule has 1 aromatic carbocycles. The van der Waals surface area contributed by atoms with Gasteiger partial charge in [0, 0.05) is 22.9 Å². The zero-order valence-corrected chi connectivity index (χ0v) is 16.2. The summed E-state index contributed by atoms with van der Waals surface area (Å²) in [6.45, 7) is 3.80. The molecule has 0 aliphatic heterocycles. The van der Waals surface area contributed by atoms with E-state index < -0.39 is 10.0 Å². The second-order valence-corrected chi connectivity index (χ2v) is 9.68. The highest BCUT2D eigenvalue weighted by Gasteiger charge is 2.35. The molecular weight excluding hydrogens is 352 g/mol. The van der Waals surface area contributed by atoms with E-state index in [0.717, 1.165) is 35.3 Å². The minimum atomic E-state index is -3.24. The van der Waals surface area contributed by atoms with Gasteiger partial charge in [-0.05, 0) is 60.8 Å². The van der Waals surface area contributed by atoms with Crippen molar-refractivity contribution in [2.45, 2.75) is 37.6 Å². The molecule has 1 atom stereocenters. The van der Waals surface area contributed by atoms with Gasteiger partial charge in [0.1, 0.15) is 0 Å². The third-order valence-electron chi connectivity index (χ3n) is 4.40. The number of sulfonamides is 1. The number of aromatic nitrogens is 1. The molecule has 4 nitrogen and oxygen atoms in total. The van der Waals surface area contributed by atoms with E-state index >= 15 is 0 Å². The fourth-order valence-electron chi connectivity index (χ4n) is 2.84. The predicted octanol–water partition coefficient (Wildman–Crippen LogP) is 4.25. The standard InChI is InChI=1S/C19H24N2O2S2/c1-3-24-18-9-7-14(8-10-18)16-11-17(13-20-12-16)19(15-5-6-15)21-25(22,23)4-2/h7-13,15,19,21H,3-6H2,1-2H3. The molecule has 0 bridgehead atoms. The normalized spacial score (nSPS) is 15.9. The fourth-order valence-corrected chi connectivity index (χ4v) is 4.38. The van der Waals surface area contributed by atoms with Crippen LogP contribution in [0.25, 0.3) is 11.1 Å². The largest absolute Gasteiger partial charge is 0.264 e. The molecule has 1 N–H and O–H groups in total. The number of hydrogen-bond donors (Lipinski definition) is 1. The van der Waals surface area contributed by atoms with E-state index in [1.807, 2.05) is 18.0 Å². The van der Waals surface area contributed by atoms with Gasteiger partial charge in [-0.2, -0.15) is 0 Å². The highest BCUT2D eigenvalue weighted by atomic mass is 32.2. The number of nitrogens with one attached hydrogen (secondary N) is 1. The van der Waals surface area contributed by atoms with E-state index in [0.29, 0.717) is 5.92 Å². The smallest absolute Gasteiger partial charge is 0.211 e. The van der Waals surface area contributed by atoms with Crippen molar-refractivity contribution in [3.05, 3.63) is 48.3 Å². The summed E-state index contributed by atoms with van der Waals surface area (Å²) >= 11 is 1.82. The van der Waals surface area contributed by atoms with E-state index in [-0.39, 0.29) is 11.8 Å². The molecule has 1 aliphatic carbocycles. The third-order valence-corrected chi connectivity index (χ3v) is 6.66. The van der Waals surface area contributed by atoms with Crippen molar-refractivity contribution in [3.63, 3.8) is 0 Å². The van der Waals surface area contributed by atoms with E-state index in [2.05, 4.69) is 47.0 Å². The maximum atomic E-state index is 12.0. The van der Waals surface area contributed by atoms with Gasteiger partial charge in [-0.3, -0.25) is 4.98 Å². The van der Waals surface area contributed by atoms with Crippen LogP contribution in [-0.2, 0) is 10.0 Å². The van der Waals surface area contributed by atoms with Crippen molar-refractivity contribution >= 4 is 21.8 Å². The maximum Gasteiger partial charge on any atom is 0.211 e. The van der Waals surface area contributed by atoms with Gasteiger partial charge < -0.3 is 0 Å². The first kappa shape index (κ1) is 18.4. The van der Waals surface area contributed by atoms with Gasteiger partial charge in [-0.25, -0.2) is 13.1 Å². The summed E-state index contributed by atoms with van der Waals surface area (Å²) in [5.74, 6) is 1.53. The summed E-state index contributed by atoms with van der Waals surface area (Å²) in [5.41, 5.74) is 3.07. The van der Waals surface area contributed by atoms with Gasteiger partial charge in [0.25, 0.3) is 0 Å². The molecule has 1 saturated carbocycles. The van der Waals surface area contributed by atoms with E-state index in [1.54, 1.807) is 13.1 Å². The van der Waals surface area contributed by atoms with Gasteiger partial charge in [-0.1, -0.05) is 19.1 Å². The summed E-state index contributed by atoms with van der Waals surface area (Å²) < 4.78 is 26.9. The first-order valence-electron chi connectivity index (χ1n) is 8.70. The molecular formula is C19H24N2O2S2. The Morgan fingerprint density at radius 2 is 1.88 bits per heavy atom. The molecule has 3 rings (SSSR count). The second-order valence-electron chi connectivity index (χ2n) is 6.30. The monoisotopic (exact) mass is 376 g/mol. The van der Waals surface area contributed by atoms with Crippen molar-refractivity contribution in [3.8, 4) is 11.1 Å².